The largest absolute Gasteiger partial charge is 0.254 e. The summed E-state index contributed by atoms with van der Waals surface area (Å²) in [5, 5.41) is 2.28. The van der Waals surface area contributed by atoms with Crippen molar-refractivity contribution in [2.45, 2.75) is 19.8 Å². The Labute approximate surface area is 170 Å². The molecule has 0 aliphatic rings. The number of aromatic nitrogens is 2. The normalized spacial score (nSPS) is 11.2. The van der Waals surface area contributed by atoms with Crippen LogP contribution in [0.25, 0.3) is 44.1 Å². The molecule has 0 unspecified atom stereocenters. The molecule has 5 rings (SSSR count). The molecule has 0 N–H and O–H groups in total. The zero-order valence-corrected chi connectivity index (χ0v) is 16.5. The van der Waals surface area contributed by atoms with Crippen LogP contribution in [0.1, 0.15) is 18.9 Å². The molecule has 0 amide bonds. The predicted molar refractivity (Wildman–Crippen MR) is 122 cm³/mol. The number of aryl methyl sites for hydroxylation is 1. The first-order valence-electron chi connectivity index (χ1n) is 10.2. The van der Waals surface area contributed by atoms with Gasteiger partial charge in [-0.1, -0.05) is 80.1 Å². The third kappa shape index (κ3) is 3.17. The Hall–Kier alpha value is -3.52. The van der Waals surface area contributed by atoms with Crippen molar-refractivity contribution in [2.24, 2.45) is 0 Å². The first-order chi connectivity index (χ1) is 14.3. The van der Waals surface area contributed by atoms with Crippen LogP contribution < -0.4 is 0 Å². The minimum Gasteiger partial charge on any atom is -0.254 e. The number of rotatable bonds is 4. The average molecular weight is 374 g/mol. The molecule has 2 nitrogen and oxygen atoms in total. The van der Waals surface area contributed by atoms with Gasteiger partial charge in [0, 0.05) is 23.2 Å². The highest BCUT2D eigenvalue weighted by Gasteiger charge is 2.12. The molecule has 2 heterocycles. The second-order valence-corrected chi connectivity index (χ2v) is 7.39. The lowest BCUT2D eigenvalue weighted by molar-refractivity contribution is 0.922. The molecule has 0 radical (unpaired) electrons. The SMILES string of the molecule is CCCc1cccc(-c2ccnc3c2ccc2c(-c4ccccc4)ccnc23)c1. The Morgan fingerprint density at radius 3 is 1.90 bits per heavy atom. The molecule has 0 saturated heterocycles. The van der Waals surface area contributed by atoms with E-state index in [4.69, 9.17) is 9.97 Å². The summed E-state index contributed by atoms with van der Waals surface area (Å²) in [6.45, 7) is 2.22. The van der Waals surface area contributed by atoms with Gasteiger partial charge in [-0.15, -0.1) is 0 Å². The molecular formula is C27H22N2. The Kier molecular flexibility index (Phi) is 4.53. The quantitative estimate of drug-likeness (QED) is 0.314. The van der Waals surface area contributed by atoms with Crippen molar-refractivity contribution >= 4 is 21.8 Å². The fourth-order valence-corrected chi connectivity index (χ4v) is 4.13. The van der Waals surface area contributed by atoms with Crippen LogP contribution in [-0.4, -0.2) is 9.97 Å². The summed E-state index contributed by atoms with van der Waals surface area (Å²) in [5.74, 6) is 0. The zero-order chi connectivity index (χ0) is 19.6. The van der Waals surface area contributed by atoms with Crippen LogP contribution in [0.2, 0.25) is 0 Å². The van der Waals surface area contributed by atoms with Crippen LogP contribution in [0.4, 0.5) is 0 Å². The monoisotopic (exact) mass is 374 g/mol. The van der Waals surface area contributed by atoms with Crippen LogP contribution in [0.5, 0.6) is 0 Å². The van der Waals surface area contributed by atoms with E-state index in [0.717, 1.165) is 34.6 Å². The lowest BCUT2D eigenvalue weighted by Gasteiger charge is -2.12. The van der Waals surface area contributed by atoms with E-state index < -0.39 is 0 Å². The molecule has 0 saturated carbocycles. The topological polar surface area (TPSA) is 25.8 Å². The second kappa shape index (κ2) is 7.48. The number of hydrogen-bond acceptors (Lipinski definition) is 2. The molecule has 0 bridgehead atoms. The first-order valence-corrected chi connectivity index (χ1v) is 10.2. The molecule has 140 valence electrons. The van der Waals surface area contributed by atoms with E-state index in [1.165, 1.54) is 27.8 Å². The zero-order valence-electron chi connectivity index (χ0n) is 16.5. The molecule has 2 heteroatoms. The Bertz CT molecular complexity index is 1310. The maximum Gasteiger partial charge on any atom is 0.0970 e. The fourth-order valence-electron chi connectivity index (χ4n) is 4.13. The second-order valence-electron chi connectivity index (χ2n) is 7.39. The van der Waals surface area contributed by atoms with Crippen molar-refractivity contribution in [1.82, 2.24) is 9.97 Å². The third-order valence-electron chi connectivity index (χ3n) is 5.48. The Morgan fingerprint density at radius 2 is 1.24 bits per heavy atom. The number of benzene rings is 3. The van der Waals surface area contributed by atoms with Gasteiger partial charge in [-0.2, -0.15) is 0 Å². The smallest absolute Gasteiger partial charge is 0.0970 e. The molecule has 2 aromatic heterocycles. The van der Waals surface area contributed by atoms with E-state index >= 15 is 0 Å². The predicted octanol–water partition coefficient (Wildman–Crippen LogP) is 7.07. The molecule has 0 spiro atoms. The molecule has 0 atom stereocenters. The van der Waals surface area contributed by atoms with Crippen molar-refractivity contribution < 1.29 is 0 Å². The lowest BCUT2D eigenvalue weighted by Crippen LogP contribution is -1.91. The van der Waals surface area contributed by atoms with Crippen LogP contribution in [0.15, 0.2) is 91.3 Å². The number of fused-ring (bicyclic) bond motifs is 3. The number of nitrogens with zero attached hydrogens (tertiary/aromatic N) is 2. The maximum absolute atomic E-state index is 4.73. The summed E-state index contributed by atoms with van der Waals surface area (Å²) in [6, 6.07) is 27.9. The molecule has 29 heavy (non-hydrogen) atoms. The van der Waals surface area contributed by atoms with Gasteiger partial charge in [-0.05, 0) is 46.4 Å². The van der Waals surface area contributed by atoms with E-state index in [1.54, 1.807) is 0 Å². The van der Waals surface area contributed by atoms with Gasteiger partial charge >= 0.3 is 0 Å². The minimum absolute atomic E-state index is 0.954. The summed E-state index contributed by atoms with van der Waals surface area (Å²) >= 11 is 0. The molecule has 5 aromatic rings. The molecule has 0 fully saturated rings. The van der Waals surface area contributed by atoms with E-state index in [2.05, 4.69) is 79.7 Å². The van der Waals surface area contributed by atoms with Gasteiger partial charge in [0.2, 0.25) is 0 Å². The van der Waals surface area contributed by atoms with Gasteiger partial charge in [0.05, 0.1) is 11.0 Å². The van der Waals surface area contributed by atoms with Crippen molar-refractivity contribution in [2.75, 3.05) is 0 Å². The number of pyridine rings is 2. The van der Waals surface area contributed by atoms with Crippen molar-refractivity contribution in [3.05, 3.63) is 96.8 Å². The summed E-state index contributed by atoms with van der Waals surface area (Å²) in [4.78, 5) is 9.44. The van der Waals surface area contributed by atoms with Gasteiger partial charge in [0.15, 0.2) is 0 Å². The van der Waals surface area contributed by atoms with E-state index in [1.807, 2.05) is 18.5 Å². The first kappa shape index (κ1) is 17.6. The minimum atomic E-state index is 0.954. The maximum atomic E-state index is 4.73. The van der Waals surface area contributed by atoms with Crippen LogP contribution in [-0.2, 0) is 6.42 Å². The third-order valence-corrected chi connectivity index (χ3v) is 5.48. The number of hydrogen-bond donors (Lipinski definition) is 0. The van der Waals surface area contributed by atoms with Gasteiger partial charge in [0.1, 0.15) is 0 Å². The van der Waals surface area contributed by atoms with Crippen molar-refractivity contribution in [1.29, 1.82) is 0 Å². The Balaban J connectivity index is 1.74. The summed E-state index contributed by atoms with van der Waals surface area (Å²) in [5.41, 5.74) is 8.12. The standard InChI is InChI=1S/C27H22N2/c1-2-7-19-8-6-11-21(18-19)23-15-17-29-27-25(23)13-12-24-22(14-16-28-26(24)27)20-9-4-3-5-10-20/h3-6,8-18H,2,7H2,1H3. The highest BCUT2D eigenvalue weighted by molar-refractivity contribution is 6.11. The summed E-state index contributed by atoms with van der Waals surface area (Å²) < 4.78 is 0. The van der Waals surface area contributed by atoms with E-state index in [9.17, 15) is 0 Å². The van der Waals surface area contributed by atoms with Crippen LogP contribution in [0, 0.1) is 0 Å². The van der Waals surface area contributed by atoms with Gasteiger partial charge in [-0.3, -0.25) is 9.97 Å². The van der Waals surface area contributed by atoms with Gasteiger partial charge in [0.25, 0.3) is 0 Å². The van der Waals surface area contributed by atoms with E-state index in [0.29, 0.717) is 0 Å². The van der Waals surface area contributed by atoms with Crippen LogP contribution >= 0.6 is 0 Å². The Morgan fingerprint density at radius 1 is 0.621 bits per heavy atom. The van der Waals surface area contributed by atoms with E-state index in [-0.39, 0.29) is 0 Å². The molecule has 0 aliphatic carbocycles. The van der Waals surface area contributed by atoms with Crippen LogP contribution in [0.3, 0.4) is 0 Å². The highest BCUT2D eigenvalue weighted by atomic mass is 14.7. The summed E-state index contributed by atoms with van der Waals surface area (Å²) in [7, 11) is 0. The molecule has 3 aromatic carbocycles. The van der Waals surface area contributed by atoms with Gasteiger partial charge < -0.3 is 0 Å². The molecular weight excluding hydrogens is 352 g/mol. The lowest BCUT2D eigenvalue weighted by atomic mass is 9.95. The fraction of sp³-hybridized carbons (Fsp3) is 0.111. The van der Waals surface area contributed by atoms with Crippen molar-refractivity contribution in [3.63, 3.8) is 0 Å². The van der Waals surface area contributed by atoms with Gasteiger partial charge in [-0.25, -0.2) is 0 Å². The average Bonchev–Trinajstić information content (AvgIpc) is 2.79. The highest BCUT2D eigenvalue weighted by Crippen LogP contribution is 2.35. The van der Waals surface area contributed by atoms with Crippen molar-refractivity contribution in [3.8, 4) is 22.3 Å². The molecule has 0 aliphatic heterocycles. The summed E-state index contributed by atoms with van der Waals surface area (Å²) in [6.07, 6.45) is 6.04.